The number of carbonyl (C=O) groups is 1. The van der Waals surface area contributed by atoms with E-state index in [1.807, 2.05) is 6.07 Å². The van der Waals surface area contributed by atoms with Gasteiger partial charge in [0.25, 0.3) is 0 Å². The van der Waals surface area contributed by atoms with E-state index in [0.29, 0.717) is 18.2 Å². The van der Waals surface area contributed by atoms with Gasteiger partial charge in [0.05, 0.1) is 12.2 Å². The van der Waals surface area contributed by atoms with Gasteiger partial charge in [-0.2, -0.15) is 0 Å². The second kappa shape index (κ2) is 5.79. The van der Waals surface area contributed by atoms with E-state index in [2.05, 4.69) is 15.2 Å². The first-order chi connectivity index (χ1) is 9.76. The number of anilines is 1. The lowest BCUT2D eigenvalue weighted by molar-refractivity contribution is 0.0526. The first-order valence-corrected chi connectivity index (χ1v) is 7.40. The molecule has 1 saturated heterocycles. The molecule has 1 unspecified atom stereocenters. The molecule has 1 N–H and O–H groups in total. The number of aromatic nitrogens is 1. The highest BCUT2D eigenvalue weighted by Crippen LogP contribution is 2.30. The monoisotopic (exact) mass is 275 g/mol. The van der Waals surface area contributed by atoms with E-state index in [0.717, 1.165) is 24.8 Å². The Balaban J connectivity index is 1.54. The van der Waals surface area contributed by atoms with Crippen molar-refractivity contribution in [1.82, 2.24) is 9.88 Å². The summed E-state index contributed by atoms with van der Waals surface area (Å²) >= 11 is 0. The molecule has 2 heterocycles. The minimum absolute atomic E-state index is 0.313. The van der Waals surface area contributed by atoms with Crippen molar-refractivity contribution < 1.29 is 9.53 Å². The molecule has 0 radical (unpaired) electrons. The Labute approximate surface area is 119 Å². The average Bonchev–Trinajstić information content (AvgIpc) is 3.21. The van der Waals surface area contributed by atoms with Gasteiger partial charge in [-0.15, -0.1) is 0 Å². The zero-order chi connectivity index (χ0) is 13.9. The predicted octanol–water partition coefficient (Wildman–Crippen LogP) is 1.91. The second-order valence-corrected chi connectivity index (χ2v) is 5.51. The lowest BCUT2D eigenvalue weighted by Gasteiger charge is -2.16. The van der Waals surface area contributed by atoms with Crippen LogP contribution in [0.5, 0.6) is 0 Å². The topological polar surface area (TPSA) is 54.5 Å². The Morgan fingerprint density at radius 1 is 1.45 bits per heavy atom. The first kappa shape index (κ1) is 13.4. The molecule has 2 aliphatic rings. The van der Waals surface area contributed by atoms with E-state index < -0.39 is 0 Å². The van der Waals surface area contributed by atoms with Crippen LogP contribution in [0.15, 0.2) is 18.3 Å². The SMILES string of the molecule is CCOC(=O)c1ccc(NC2CCN(C3CC3)C2)nc1. The van der Waals surface area contributed by atoms with Gasteiger partial charge < -0.3 is 10.1 Å². The summed E-state index contributed by atoms with van der Waals surface area (Å²) in [7, 11) is 0. The fraction of sp³-hybridized carbons (Fsp3) is 0.600. The number of nitrogens with one attached hydrogen (secondary N) is 1. The van der Waals surface area contributed by atoms with Crippen molar-refractivity contribution >= 4 is 11.8 Å². The predicted molar refractivity (Wildman–Crippen MR) is 76.8 cm³/mol. The third-order valence-electron chi connectivity index (χ3n) is 3.91. The standard InChI is InChI=1S/C15H21N3O2/c1-2-20-15(19)11-3-6-14(16-9-11)17-12-7-8-18(10-12)13-4-5-13/h3,6,9,12-13H,2,4-5,7-8,10H2,1H3,(H,16,17). The van der Waals surface area contributed by atoms with E-state index in [1.54, 1.807) is 19.2 Å². The summed E-state index contributed by atoms with van der Waals surface area (Å²) in [5, 5.41) is 3.45. The molecule has 20 heavy (non-hydrogen) atoms. The Bertz CT molecular complexity index is 471. The Hall–Kier alpha value is -1.62. The molecule has 1 aromatic rings. The van der Waals surface area contributed by atoms with Gasteiger partial charge in [0.15, 0.2) is 0 Å². The number of ether oxygens (including phenoxy) is 1. The van der Waals surface area contributed by atoms with Gasteiger partial charge in [0, 0.05) is 31.4 Å². The van der Waals surface area contributed by atoms with Crippen LogP contribution >= 0.6 is 0 Å². The molecule has 5 heteroatoms. The maximum Gasteiger partial charge on any atom is 0.339 e. The van der Waals surface area contributed by atoms with E-state index in [9.17, 15) is 4.79 Å². The molecule has 3 rings (SSSR count). The van der Waals surface area contributed by atoms with Crippen LogP contribution < -0.4 is 5.32 Å². The molecule has 1 aliphatic heterocycles. The summed E-state index contributed by atoms with van der Waals surface area (Å²) in [5.74, 6) is 0.521. The third kappa shape index (κ3) is 3.10. The fourth-order valence-electron chi connectivity index (χ4n) is 2.70. The molecular weight excluding hydrogens is 254 g/mol. The highest BCUT2D eigenvalue weighted by Gasteiger charge is 2.34. The summed E-state index contributed by atoms with van der Waals surface area (Å²) in [6.45, 7) is 4.47. The summed E-state index contributed by atoms with van der Waals surface area (Å²) in [4.78, 5) is 18.4. The normalized spacial score (nSPS) is 22.8. The molecule has 108 valence electrons. The van der Waals surface area contributed by atoms with Gasteiger partial charge in [0.2, 0.25) is 0 Å². The maximum atomic E-state index is 11.5. The zero-order valence-corrected chi connectivity index (χ0v) is 11.8. The Kier molecular flexibility index (Phi) is 3.87. The highest BCUT2D eigenvalue weighted by molar-refractivity contribution is 5.89. The van der Waals surface area contributed by atoms with Gasteiger partial charge in [-0.1, -0.05) is 0 Å². The number of hydrogen-bond acceptors (Lipinski definition) is 5. The minimum Gasteiger partial charge on any atom is -0.462 e. The lowest BCUT2D eigenvalue weighted by atomic mass is 10.2. The van der Waals surface area contributed by atoms with Crippen LogP contribution in [0.3, 0.4) is 0 Å². The molecule has 1 saturated carbocycles. The number of pyridine rings is 1. The first-order valence-electron chi connectivity index (χ1n) is 7.40. The number of likely N-dealkylation sites (tertiary alicyclic amines) is 1. The Morgan fingerprint density at radius 3 is 2.95 bits per heavy atom. The van der Waals surface area contributed by atoms with Gasteiger partial charge in [-0.05, 0) is 38.3 Å². The smallest absolute Gasteiger partial charge is 0.339 e. The molecule has 0 aromatic carbocycles. The molecule has 1 atom stereocenters. The van der Waals surface area contributed by atoms with Gasteiger partial charge in [-0.3, -0.25) is 4.90 Å². The molecule has 0 spiro atoms. The fourth-order valence-corrected chi connectivity index (χ4v) is 2.70. The maximum absolute atomic E-state index is 11.5. The molecular formula is C15H21N3O2. The minimum atomic E-state index is -0.313. The number of nitrogens with zero attached hydrogens (tertiary/aromatic N) is 2. The van der Waals surface area contributed by atoms with Crippen LogP contribution in [0.1, 0.15) is 36.5 Å². The van der Waals surface area contributed by atoms with E-state index in [4.69, 9.17) is 4.74 Å². The van der Waals surface area contributed by atoms with Crippen molar-refractivity contribution in [2.75, 3.05) is 25.0 Å². The molecule has 1 aliphatic carbocycles. The number of hydrogen-bond donors (Lipinski definition) is 1. The molecule has 1 aromatic heterocycles. The van der Waals surface area contributed by atoms with E-state index in [-0.39, 0.29) is 5.97 Å². The van der Waals surface area contributed by atoms with Gasteiger partial charge in [0.1, 0.15) is 5.82 Å². The van der Waals surface area contributed by atoms with Crippen LogP contribution in [0, 0.1) is 0 Å². The van der Waals surface area contributed by atoms with Crippen LogP contribution in [0.2, 0.25) is 0 Å². The number of esters is 1. The van der Waals surface area contributed by atoms with Crippen molar-refractivity contribution in [3.05, 3.63) is 23.9 Å². The van der Waals surface area contributed by atoms with Crippen LogP contribution in [-0.4, -0.2) is 47.6 Å². The van der Waals surface area contributed by atoms with Crippen molar-refractivity contribution in [2.24, 2.45) is 0 Å². The summed E-state index contributed by atoms with van der Waals surface area (Å²) in [6, 6.07) is 4.92. The van der Waals surface area contributed by atoms with Crippen LogP contribution in [0.25, 0.3) is 0 Å². The van der Waals surface area contributed by atoms with Crippen LogP contribution in [-0.2, 0) is 4.74 Å². The summed E-state index contributed by atoms with van der Waals surface area (Å²) in [6.07, 6.45) is 5.46. The largest absolute Gasteiger partial charge is 0.462 e. The van der Waals surface area contributed by atoms with Crippen molar-refractivity contribution in [3.8, 4) is 0 Å². The average molecular weight is 275 g/mol. The second-order valence-electron chi connectivity index (χ2n) is 5.51. The van der Waals surface area contributed by atoms with Gasteiger partial charge >= 0.3 is 5.97 Å². The van der Waals surface area contributed by atoms with Crippen molar-refractivity contribution in [3.63, 3.8) is 0 Å². The van der Waals surface area contributed by atoms with Crippen molar-refractivity contribution in [2.45, 2.75) is 38.3 Å². The third-order valence-corrected chi connectivity index (χ3v) is 3.91. The molecule has 2 fully saturated rings. The van der Waals surface area contributed by atoms with Crippen LogP contribution in [0.4, 0.5) is 5.82 Å². The van der Waals surface area contributed by atoms with E-state index in [1.165, 1.54) is 19.4 Å². The lowest BCUT2D eigenvalue weighted by Crippen LogP contribution is -2.28. The number of rotatable bonds is 5. The molecule has 0 bridgehead atoms. The molecule has 0 amide bonds. The Morgan fingerprint density at radius 2 is 2.30 bits per heavy atom. The van der Waals surface area contributed by atoms with Gasteiger partial charge in [-0.25, -0.2) is 9.78 Å². The zero-order valence-electron chi connectivity index (χ0n) is 11.8. The molecule has 5 nitrogen and oxygen atoms in total. The quantitative estimate of drug-likeness (QED) is 0.832. The number of carbonyl (C=O) groups excluding carboxylic acids is 1. The summed E-state index contributed by atoms with van der Waals surface area (Å²) < 4.78 is 4.94. The van der Waals surface area contributed by atoms with Crippen molar-refractivity contribution in [1.29, 1.82) is 0 Å². The summed E-state index contributed by atoms with van der Waals surface area (Å²) in [5.41, 5.74) is 0.503. The highest BCUT2D eigenvalue weighted by atomic mass is 16.5. The van der Waals surface area contributed by atoms with E-state index >= 15 is 0 Å².